The number of carboxylic acids is 1. The second kappa shape index (κ2) is 6.96. The monoisotopic (exact) mass is 294 g/mol. The molecule has 0 fully saturated rings. The molecule has 1 aromatic rings. The largest absolute Gasteiger partial charge is 0.480 e. The normalized spacial score (nSPS) is 10.7. The minimum Gasteiger partial charge on any atom is -0.480 e. The van der Waals surface area contributed by atoms with Crippen molar-refractivity contribution in [3.05, 3.63) is 22.4 Å². The van der Waals surface area contributed by atoms with Crippen molar-refractivity contribution >= 4 is 23.3 Å². The average molecular weight is 294 g/mol. The highest BCUT2D eigenvalue weighted by atomic mass is 32.1. The van der Waals surface area contributed by atoms with Crippen LogP contribution in [0.25, 0.3) is 0 Å². The quantitative estimate of drug-likeness (QED) is 0.785. The molecule has 2 amide bonds. The SMILES string of the molecule is C#CCN(CC(=O)O)C(=O)NCC(C)(C)c1cccs1. The molecule has 108 valence electrons. The highest BCUT2D eigenvalue weighted by molar-refractivity contribution is 7.10. The van der Waals surface area contributed by atoms with Gasteiger partial charge in [0.15, 0.2) is 0 Å². The summed E-state index contributed by atoms with van der Waals surface area (Å²) in [4.78, 5) is 24.9. The number of thiophene rings is 1. The Bertz CT molecular complexity index is 503. The van der Waals surface area contributed by atoms with Crippen LogP contribution in [0.3, 0.4) is 0 Å². The number of carboxylic acid groups (broad SMARTS) is 1. The zero-order valence-corrected chi connectivity index (χ0v) is 12.4. The molecule has 0 saturated carbocycles. The highest BCUT2D eigenvalue weighted by Crippen LogP contribution is 2.26. The number of rotatable bonds is 6. The Balaban J connectivity index is 2.61. The van der Waals surface area contributed by atoms with E-state index in [2.05, 4.69) is 11.2 Å². The van der Waals surface area contributed by atoms with Crippen molar-refractivity contribution in [1.82, 2.24) is 10.2 Å². The maximum Gasteiger partial charge on any atom is 0.323 e. The van der Waals surface area contributed by atoms with E-state index < -0.39 is 18.5 Å². The topological polar surface area (TPSA) is 69.6 Å². The molecule has 0 aromatic carbocycles. The molecule has 5 nitrogen and oxygen atoms in total. The summed E-state index contributed by atoms with van der Waals surface area (Å²) in [5.41, 5.74) is -0.213. The Morgan fingerprint density at radius 2 is 2.25 bits per heavy atom. The lowest BCUT2D eigenvalue weighted by atomic mass is 9.91. The first-order valence-corrected chi connectivity index (χ1v) is 6.97. The molecule has 0 aliphatic heterocycles. The number of nitrogens with zero attached hydrogens (tertiary/aromatic N) is 1. The predicted molar refractivity (Wildman–Crippen MR) is 78.8 cm³/mol. The molecule has 1 rings (SSSR count). The lowest BCUT2D eigenvalue weighted by Crippen LogP contribution is -2.46. The van der Waals surface area contributed by atoms with Crippen molar-refractivity contribution in [2.24, 2.45) is 0 Å². The van der Waals surface area contributed by atoms with Gasteiger partial charge in [-0.05, 0) is 11.4 Å². The molecule has 0 radical (unpaired) electrons. The van der Waals surface area contributed by atoms with Crippen molar-refractivity contribution in [2.45, 2.75) is 19.3 Å². The van der Waals surface area contributed by atoms with Crippen LogP contribution in [0.15, 0.2) is 17.5 Å². The van der Waals surface area contributed by atoms with E-state index in [4.69, 9.17) is 11.5 Å². The number of nitrogens with one attached hydrogen (secondary N) is 1. The van der Waals surface area contributed by atoms with Crippen molar-refractivity contribution in [1.29, 1.82) is 0 Å². The Kier molecular flexibility index (Phi) is 5.59. The molecule has 1 heterocycles. The number of aliphatic carboxylic acids is 1. The molecule has 2 N–H and O–H groups in total. The van der Waals surface area contributed by atoms with Crippen LogP contribution in [0.1, 0.15) is 18.7 Å². The lowest BCUT2D eigenvalue weighted by Gasteiger charge is -2.26. The van der Waals surface area contributed by atoms with E-state index in [-0.39, 0.29) is 12.0 Å². The Hall–Kier alpha value is -2.00. The lowest BCUT2D eigenvalue weighted by molar-refractivity contribution is -0.137. The summed E-state index contributed by atoms with van der Waals surface area (Å²) in [5.74, 6) is 1.19. The number of hydrogen-bond acceptors (Lipinski definition) is 3. The van der Waals surface area contributed by atoms with Gasteiger partial charge in [-0.15, -0.1) is 17.8 Å². The van der Waals surface area contributed by atoms with Gasteiger partial charge in [-0.3, -0.25) is 4.79 Å². The van der Waals surface area contributed by atoms with Crippen LogP contribution in [0, 0.1) is 12.3 Å². The minimum atomic E-state index is -1.09. The smallest absolute Gasteiger partial charge is 0.323 e. The number of terminal acetylenes is 1. The fourth-order valence-corrected chi connectivity index (χ4v) is 2.48. The molecule has 0 unspecified atom stereocenters. The summed E-state index contributed by atoms with van der Waals surface area (Å²) in [6, 6.07) is 3.50. The maximum absolute atomic E-state index is 11.9. The molecule has 0 aliphatic rings. The molecule has 0 aliphatic carbocycles. The number of carbonyl (C=O) groups is 2. The number of hydrogen-bond donors (Lipinski definition) is 2. The minimum absolute atomic E-state index is 0.0302. The van der Waals surface area contributed by atoms with Crippen molar-refractivity contribution < 1.29 is 14.7 Å². The Morgan fingerprint density at radius 3 is 2.75 bits per heavy atom. The summed E-state index contributed by atoms with van der Waals surface area (Å²) in [6.45, 7) is 4.00. The number of amides is 2. The third kappa shape index (κ3) is 4.59. The van der Waals surface area contributed by atoms with Crippen molar-refractivity contribution in [2.75, 3.05) is 19.6 Å². The van der Waals surface area contributed by atoms with E-state index in [0.29, 0.717) is 6.54 Å². The first-order chi connectivity index (χ1) is 9.36. The predicted octanol–water partition coefficient (Wildman–Crippen LogP) is 1.76. The second-order valence-corrected chi connectivity index (χ2v) is 5.92. The van der Waals surface area contributed by atoms with Crippen LogP contribution in [-0.2, 0) is 10.2 Å². The van der Waals surface area contributed by atoms with E-state index in [9.17, 15) is 9.59 Å². The van der Waals surface area contributed by atoms with Gasteiger partial charge in [0.25, 0.3) is 0 Å². The van der Waals surface area contributed by atoms with Gasteiger partial charge in [0.05, 0.1) is 6.54 Å². The van der Waals surface area contributed by atoms with Gasteiger partial charge in [-0.1, -0.05) is 25.8 Å². The van der Waals surface area contributed by atoms with Crippen LogP contribution < -0.4 is 5.32 Å². The molecule has 1 aromatic heterocycles. The van der Waals surface area contributed by atoms with Crippen LogP contribution in [0.2, 0.25) is 0 Å². The first-order valence-electron chi connectivity index (χ1n) is 6.09. The second-order valence-electron chi connectivity index (χ2n) is 4.97. The van der Waals surface area contributed by atoms with E-state index in [1.54, 1.807) is 11.3 Å². The Morgan fingerprint density at radius 1 is 1.55 bits per heavy atom. The molecule has 0 spiro atoms. The maximum atomic E-state index is 11.9. The molecular formula is C14H18N2O3S. The zero-order valence-electron chi connectivity index (χ0n) is 11.5. The van der Waals surface area contributed by atoms with Gasteiger partial charge in [-0.2, -0.15) is 0 Å². The van der Waals surface area contributed by atoms with E-state index in [0.717, 1.165) is 9.78 Å². The van der Waals surface area contributed by atoms with E-state index in [1.165, 1.54) is 0 Å². The van der Waals surface area contributed by atoms with Crippen molar-refractivity contribution in [3.63, 3.8) is 0 Å². The standard InChI is InChI=1S/C14H18N2O3S/c1-4-7-16(9-12(17)18)13(19)15-10-14(2,3)11-6-5-8-20-11/h1,5-6,8H,7,9-10H2,2-3H3,(H,15,19)(H,17,18). The van der Waals surface area contributed by atoms with Crippen LogP contribution >= 0.6 is 11.3 Å². The summed E-state index contributed by atoms with van der Waals surface area (Å²) in [7, 11) is 0. The summed E-state index contributed by atoms with van der Waals surface area (Å²) in [6.07, 6.45) is 5.14. The summed E-state index contributed by atoms with van der Waals surface area (Å²) in [5, 5.41) is 13.5. The van der Waals surface area contributed by atoms with Crippen LogP contribution in [-0.4, -0.2) is 41.6 Å². The zero-order chi connectivity index (χ0) is 15.2. The van der Waals surface area contributed by atoms with E-state index in [1.807, 2.05) is 31.4 Å². The van der Waals surface area contributed by atoms with Gasteiger partial charge in [-0.25, -0.2) is 4.79 Å². The van der Waals surface area contributed by atoms with Gasteiger partial charge in [0.2, 0.25) is 0 Å². The highest BCUT2D eigenvalue weighted by Gasteiger charge is 2.24. The molecule has 0 bridgehead atoms. The van der Waals surface area contributed by atoms with Crippen molar-refractivity contribution in [3.8, 4) is 12.3 Å². The van der Waals surface area contributed by atoms with Gasteiger partial charge < -0.3 is 15.3 Å². The third-order valence-electron chi connectivity index (χ3n) is 2.77. The molecule has 6 heteroatoms. The Labute approximate surface area is 122 Å². The summed E-state index contributed by atoms with van der Waals surface area (Å²) < 4.78 is 0. The summed E-state index contributed by atoms with van der Waals surface area (Å²) >= 11 is 1.62. The molecule has 0 atom stereocenters. The molecular weight excluding hydrogens is 276 g/mol. The fourth-order valence-electron chi connectivity index (χ4n) is 1.63. The number of urea groups is 1. The van der Waals surface area contributed by atoms with E-state index >= 15 is 0 Å². The molecule has 20 heavy (non-hydrogen) atoms. The average Bonchev–Trinajstić information content (AvgIpc) is 2.89. The van der Waals surface area contributed by atoms with Crippen LogP contribution in [0.4, 0.5) is 4.79 Å². The van der Waals surface area contributed by atoms with Gasteiger partial charge >= 0.3 is 12.0 Å². The van der Waals surface area contributed by atoms with Crippen LogP contribution in [0.5, 0.6) is 0 Å². The first kappa shape index (κ1) is 16.1. The fraction of sp³-hybridized carbons (Fsp3) is 0.429. The number of carbonyl (C=O) groups excluding carboxylic acids is 1. The third-order valence-corrected chi connectivity index (χ3v) is 4.00. The van der Waals surface area contributed by atoms with Gasteiger partial charge in [0, 0.05) is 16.8 Å². The molecule has 0 saturated heterocycles. The van der Waals surface area contributed by atoms with Gasteiger partial charge in [0.1, 0.15) is 6.54 Å².